The van der Waals surface area contributed by atoms with E-state index in [9.17, 15) is 9.90 Å². The first-order chi connectivity index (χ1) is 9.15. The van der Waals surface area contributed by atoms with Crippen molar-refractivity contribution in [3.63, 3.8) is 0 Å². The van der Waals surface area contributed by atoms with Crippen LogP contribution in [0.5, 0.6) is 5.88 Å². The van der Waals surface area contributed by atoms with E-state index in [1.165, 1.54) is 6.20 Å². The number of carbonyl (C=O) groups is 1. The van der Waals surface area contributed by atoms with E-state index < -0.39 is 6.10 Å². The molecule has 1 fully saturated rings. The van der Waals surface area contributed by atoms with Crippen molar-refractivity contribution in [2.45, 2.75) is 18.6 Å². The number of amides is 1. The third-order valence-electron chi connectivity index (χ3n) is 2.78. The van der Waals surface area contributed by atoms with Gasteiger partial charge in [0.15, 0.2) is 0 Å². The monoisotopic (exact) mass is 285 g/mol. The maximum absolute atomic E-state index is 11.7. The van der Waals surface area contributed by atoms with E-state index in [0.29, 0.717) is 37.0 Å². The van der Waals surface area contributed by atoms with Crippen LogP contribution in [0.4, 0.5) is 0 Å². The first-order valence-corrected chi connectivity index (χ1v) is 6.46. The highest BCUT2D eigenvalue weighted by molar-refractivity contribution is 6.30. The third-order valence-corrected chi connectivity index (χ3v) is 3.00. The molecule has 1 amide bonds. The lowest BCUT2D eigenvalue weighted by atomic mass is 10.2. The number of aromatic nitrogens is 1. The van der Waals surface area contributed by atoms with Gasteiger partial charge in [0.2, 0.25) is 11.8 Å². The van der Waals surface area contributed by atoms with E-state index >= 15 is 0 Å². The maximum atomic E-state index is 11.7. The number of halogens is 1. The second-order valence-electron chi connectivity index (χ2n) is 4.30. The number of nitrogens with zero attached hydrogens (tertiary/aromatic N) is 1. The lowest BCUT2D eigenvalue weighted by molar-refractivity contribution is -0.123. The molecule has 1 saturated heterocycles. The Kier molecular flexibility index (Phi) is 4.95. The number of pyridine rings is 1. The van der Waals surface area contributed by atoms with Gasteiger partial charge in [0.1, 0.15) is 6.61 Å². The number of hydrogen-bond donors (Lipinski definition) is 3. The van der Waals surface area contributed by atoms with Crippen LogP contribution >= 0.6 is 11.6 Å². The topological polar surface area (TPSA) is 83.5 Å². The zero-order valence-corrected chi connectivity index (χ0v) is 11.1. The summed E-state index contributed by atoms with van der Waals surface area (Å²) < 4.78 is 5.34. The molecule has 0 radical (unpaired) electrons. The maximum Gasteiger partial charge on any atom is 0.237 e. The van der Waals surface area contributed by atoms with Gasteiger partial charge < -0.3 is 20.5 Å². The number of β-amino-alcohol motifs (C(OH)–C–C–N with tert-alkyl or cyclic N) is 1. The number of aliphatic hydroxyl groups is 1. The minimum Gasteiger partial charge on any atom is -0.476 e. The third kappa shape index (κ3) is 4.34. The zero-order chi connectivity index (χ0) is 13.7. The van der Waals surface area contributed by atoms with Crippen LogP contribution in [-0.4, -0.2) is 47.8 Å². The van der Waals surface area contributed by atoms with Crippen molar-refractivity contribution in [3.05, 3.63) is 23.4 Å². The molecule has 2 rings (SSSR count). The highest BCUT2D eigenvalue weighted by atomic mass is 35.5. The molecular weight excluding hydrogens is 270 g/mol. The van der Waals surface area contributed by atoms with Crippen LogP contribution in [-0.2, 0) is 4.79 Å². The number of hydrogen-bond acceptors (Lipinski definition) is 5. The van der Waals surface area contributed by atoms with Gasteiger partial charge in [-0.15, -0.1) is 0 Å². The molecule has 0 spiro atoms. The SMILES string of the molecule is O=C(NCCOc1ccc(Cl)cn1)C1CC(O)CN1. The fraction of sp³-hybridized carbons (Fsp3) is 0.500. The molecule has 0 aromatic carbocycles. The van der Waals surface area contributed by atoms with E-state index in [4.69, 9.17) is 16.3 Å². The van der Waals surface area contributed by atoms with Crippen LogP contribution in [0.1, 0.15) is 6.42 Å². The predicted octanol–water partition coefficient (Wildman–Crippen LogP) is -0.0472. The molecule has 3 N–H and O–H groups in total. The predicted molar refractivity (Wildman–Crippen MR) is 70.2 cm³/mol. The number of carbonyl (C=O) groups excluding carboxylic acids is 1. The Morgan fingerprint density at radius 3 is 3.11 bits per heavy atom. The van der Waals surface area contributed by atoms with Gasteiger partial charge in [0, 0.05) is 18.8 Å². The van der Waals surface area contributed by atoms with E-state index in [0.717, 1.165) is 0 Å². The van der Waals surface area contributed by atoms with Crippen LogP contribution in [0.15, 0.2) is 18.3 Å². The summed E-state index contributed by atoms with van der Waals surface area (Å²) in [6, 6.07) is 3.04. The first-order valence-electron chi connectivity index (χ1n) is 6.08. The lowest BCUT2D eigenvalue weighted by Gasteiger charge is -2.11. The average Bonchev–Trinajstić information content (AvgIpc) is 2.83. The zero-order valence-electron chi connectivity index (χ0n) is 10.3. The Bertz CT molecular complexity index is 427. The number of ether oxygens (including phenoxy) is 1. The van der Waals surface area contributed by atoms with E-state index in [1.54, 1.807) is 12.1 Å². The van der Waals surface area contributed by atoms with Crippen molar-refractivity contribution >= 4 is 17.5 Å². The summed E-state index contributed by atoms with van der Waals surface area (Å²) >= 11 is 5.70. The molecule has 2 heterocycles. The minimum atomic E-state index is -0.440. The van der Waals surface area contributed by atoms with Crippen LogP contribution in [0, 0.1) is 0 Å². The molecule has 0 saturated carbocycles. The molecule has 0 bridgehead atoms. The molecule has 1 aromatic rings. The molecule has 6 nitrogen and oxygen atoms in total. The highest BCUT2D eigenvalue weighted by Gasteiger charge is 2.27. The van der Waals surface area contributed by atoms with Crippen LogP contribution in [0.25, 0.3) is 0 Å². The summed E-state index contributed by atoms with van der Waals surface area (Å²) in [7, 11) is 0. The molecule has 104 valence electrons. The summed E-state index contributed by atoms with van der Waals surface area (Å²) in [6.45, 7) is 1.18. The quantitative estimate of drug-likeness (QED) is 0.661. The molecule has 0 aliphatic carbocycles. The Labute approximate surface area is 116 Å². The van der Waals surface area contributed by atoms with Crippen molar-refractivity contribution < 1.29 is 14.6 Å². The molecule has 7 heteroatoms. The average molecular weight is 286 g/mol. The van der Waals surface area contributed by atoms with Gasteiger partial charge in [0.05, 0.1) is 23.7 Å². The summed E-state index contributed by atoms with van der Waals surface area (Å²) in [5, 5.41) is 15.5. The number of aliphatic hydroxyl groups excluding tert-OH is 1. The van der Waals surface area contributed by atoms with Gasteiger partial charge in [-0.3, -0.25) is 4.79 Å². The molecule has 1 aliphatic heterocycles. The van der Waals surface area contributed by atoms with E-state index in [1.807, 2.05) is 0 Å². The van der Waals surface area contributed by atoms with Gasteiger partial charge in [-0.1, -0.05) is 11.6 Å². The van der Waals surface area contributed by atoms with Gasteiger partial charge in [-0.25, -0.2) is 4.98 Å². The highest BCUT2D eigenvalue weighted by Crippen LogP contribution is 2.11. The summed E-state index contributed by atoms with van der Waals surface area (Å²) in [5.41, 5.74) is 0. The van der Waals surface area contributed by atoms with Crippen LogP contribution < -0.4 is 15.4 Å². The minimum absolute atomic E-state index is 0.121. The van der Waals surface area contributed by atoms with Crippen molar-refractivity contribution in [2.24, 2.45) is 0 Å². The Morgan fingerprint density at radius 1 is 1.63 bits per heavy atom. The largest absolute Gasteiger partial charge is 0.476 e. The van der Waals surface area contributed by atoms with E-state index in [2.05, 4.69) is 15.6 Å². The molecular formula is C12H16ClN3O3. The second kappa shape index (κ2) is 6.70. The van der Waals surface area contributed by atoms with E-state index in [-0.39, 0.29) is 11.9 Å². The van der Waals surface area contributed by atoms with Crippen molar-refractivity contribution in [1.82, 2.24) is 15.6 Å². The lowest BCUT2D eigenvalue weighted by Crippen LogP contribution is -2.41. The first kappa shape index (κ1) is 14.0. The molecule has 2 atom stereocenters. The number of nitrogens with one attached hydrogen (secondary N) is 2. The summed E-state index contributed by atoms with van der Waals surface area (Å²) in [5.74, 6) is 0.345. The van der Waals surface area contributed by atoms with Crippen molar-refractivity contribution in [2.75, 3.05) is 19.7 Å². The van der Waals surface area contributed by atoms with Gasteiger partial charge >= 0.3 is 0 Å². The summed E-state index contributed by atoms with van der Waals surface area (Å²) in [4.78, 5) is 15.6. The Balaban J connectivity index is 1.64. The smallest absolute Gasteiger partial charge is 0.237 e. The Hall–Kier alpha value is -1.37. The fourth-order valence-electron chi connectivity index (χ4n) is 1.82. The van der Waals surface area contributed by atoms with Crippen LogP contribution in [0.2, 0.25) is 5.02 Å². The van der Waals surface area contributed by atoms with Gasteiger partial charge in [-0.05, 0) is 12.5 Å². The van der Waals surface area contributed by atoms with Gasteiger partial charge in [0.25, 0.3) is 0 Å². The second-order valence-corrected chi connectivity index (χ2v) is 4.74. The standard InChI is InChI=1S/C12H16ClN3O3/c13-8-1-2-11(16-6-8)19-4-3-14-12(18)10-5-9(17)7-15-10/h1-2,6,9-10,15,17H,3-5,7H2,(H,14,18). The molecule has 2 unspecified atom stereocenters. The summed E-state index contributed by atoms with van der Waals surface area (Å²) in [6.07, 6.45) is 1.51. The van der Waals surface area contributed by atoms with Crippen molar-refractivity contribution in [1.29, 1.82) is 0 Å². The van der Waals surface area contributed by atoms with Gasteiger partial charge in [-0.2, -0.15) is 0 Å². The molecule has 19 heavy (non-hydrogen) atoms. The number of rotatable bonds is 5. The fourth-order valence-corrected chi connectivity index (χ4v) is 1.93. The molecule has 1 aliphatic rings. The Morgan fingerprint density at radius 2 is 2.47 bits per heavy atom. The van der Waals surface area contributed by atoms with Crippen LogP contribution in [0.3, 0.4) is 0 Å². The van der Waals surface area contributed by atoms with Crippen molar-refractivity contribution in [3.8, 4) is 5.88 Å². The molecule has 1 aromatic heterocycles. The normalized spacial score (nSPS) is 22.2.